The van der Waals surface area contributed by atoms with Gasteiger partial charge in [0.1, 0.15) is 17.3 Å². The van der Waals surface area contributed by atoms with E-state index in [1.165, 1.54) is 48.8 Å². The Morgan fingerprint density at radius 1 is 1.04 bits per heavy atom. The molecule has 0 saturated heterocycles. The average molecular weight is 646 g/mol. The normalized spacial score (nSPS) is 16.7. The molecule has 10 nitrogen and oxygen atoms in total. The first-order valence-corrected chi connectivity index (χ1v) is 16.2. The van der Waals surface area contributed by atoms with Gasteiger partial charge in [0.15, 0.2) is 11.5 Å². The van der Waals surface area contributed by atoms with Crippen LogP contribution >= 0.6 is 0 Å². The van der Waals surface area contributed by atoms with E-state index in [0.29, 0.717) is 35.7 Å². The van der Waals surface area contributed by atoms with Crippen molar-refractivity contribution < 1.29 is 36.6 Å². The van der Waals surface area contributed by atoms with Crippen molar-refractivity contribution in [2.45, 2.75) is 23.8 Å². The van der Waals surface area contributed by atoms with E-state index >= 15 is 0 Å². The van der Waals surface area contributed by atoms with Crippen molar-refractivity contribution in [3.05, 3.63) is 112 Å². The Hall–Kier alpha value is -4.94. The third-order valence-electron chi connectivity index (χ3n) is 8.01. The number of nitrogens with one attached hydrogen (secondary N) is 2. The lowest BCUT2D eigenvalue weighted by atomic mass is 9.89. The van der Waals surface area contributed by atoms with Gasteiger partial charge < -0.3 is 24.8 Å². The molecule has 0 aliphatic carbocycles. The zero-order chi connectivity index (χ0) is 32.4. The Morgan fingerprint density at radius 3 is 2.65 bits per heavy atom. The Balaban J connectivity index is 1.48. The molecule has 12 heteroatoms. The van der Waals surface area contributed by atoms with Gasteiger partial charge in [-0.15, -0.1) is 0 Å². The predicted octanol–water partition coefficient (Wildman–Crippen LogP) is 4.83. The third kappa shape index (κ3) is 6.01. The number of sulfonamides is 1. The lowest BCUT2D eigenvalue weighted by Gasteiger charge is -2.37. The van der Waals surface area contributed by atoms with E-state index in [1.807, 2.05) is 12.1 Å². The fraction of sp³-hybridized carbons (Fsp3) is 0.235. The zero-order valence-electron chi connectivity index (χ0n) is 25.2. The van der Waals surface area contributed by atoms with Crippen molar-refractivity contribution in [1.82, 2.24) is 14.9 Å². The molecule has 0 fully saturated rings. The van der Waals surface area contributed by atoms with Gasteiger partial charge in [0, 0.05) is 25.7 Å². The molecule has 1 unspecified atom stereocenters. The molecular weight excluding hydrogens is 613 g/mol. The molecule has 0 aromatic heterocycles. The van der Waals surface area contributed by atoms with Gasteiger partial charge in [-0.1, -0.05) is 18.2 Å². The Bertz CT molecular complexity index is 1930. The van der Waals surface area contributed by atoms with Crippen LogP contribution in [0.1, 0.15) is 49.9 Å². The second-order valence-corrected chi connectivity index (χ2v) is 12.7. The van der Waals surface area contributed by atoms with E-state index in [-0.39, 0.29) is 41.5 Å². The summed E-state index contributed by atoms with van der Waals surface area (Å²) in [4.78, 5) is 25.1. The molecule has 7 rings (SSSR count). The highest BCUT2D eigenvalue weighted by molar-refractivity contribution is 7.89. The topological polar surface area (TPSA) is 123 Å². The van der Waals surface area contributed by atoms with E-state index in [4.69, 9.17) is 14.2 Å². The van der Waals surface area contributed by atoms with Crippen LogP contribution in [0.15, 0.2) is 83.8 Å². The first-order chi connectivity index (χ1) is 22.2. The molecule has 8 bridgehead atoms. The number of benzene rings is 4. The van der Waals surface area contributed by atoms with Crippen molar-refractivity contribution in [3.8, 4) is 23.0 Å². The van der Waals surface area contributed by atoms with Gasteiger partial charge in [-0.25, -0.2) is 12.8 Å². The fourth-order valence-electron chi connectivity index (χ4n) is 5.73. The van der Waals surface area contributed by atoms with E-state index < -0.39 is 33.7 Å². The number of carbonyl (C=O) groups excluding carboxylic acids is 2. The van der Waals surface area contributed by atoms with Crippen molar-refractivity contribution in [2.75, 3.05) is 33.9 Å². The number of amides is 2. The number of halogens is 1. The number of fused-ring (bicyclic) bond motifs is 6. The number of ether oxygens (including phenoxy) is 3. The maximum absolute atomic E-state index is 14.6. The fourth-order valence-corrected chi connectivity index (χ4v) is 7.37. The van der Waals surface area contributed by atoms with Crippen molar-refractivity contribution in [3.63, 3.8) is 0 Å². The van der Waals surface area contributed by atoms with E-state index in [2.05, 4.69) is 10.6 Å². The highest BCUT2D eigenvalue weighted by Gasteiger charge is 2.38. The number of methoxy groups -OCH3 is 1. The minimum absolute atomic E-state index is 0.00407. The van der Waals surface area contributed by atoms with Crippen LogP contribution in [-0.4, -0.2) is 58.4 Å². The van der Waals surface area contributed by atoms with E-state index in [9.17, 15) is 22.4 Å². The smallest absolute Gasteiger partial charge is 0.254 e. The molecular formula is C34H32FN3O7S. The monoisotopic (exact) mass is 645 g/mol. The zero-order valence-corrected chi connectivity index (χ0v) is 26.0. The summed E-state index contributed by atoms with van der Waals surface area (Å²) in [6.45, 7) is 0.556. The van der Waals surface area contributed by atoms with Gasteiger partial charge in [-0.2, -0.15) is 4.31 Å². The summed E-state index contributed by atoms with van der Waals surface area (Å²) in [6, 6.07) is 19.8. The van der Waals surface area contributed by atoms with E-state index in [0.717, 1.165) is 11.1 Å². The first kappa shape index (κ1) is 31.1. The number of nitrogens with zero attached hydrogens (tertiary/aromatic N) is 1. The van der Waals surface area contributed by atoms with Crippen LogP contribution in [0.3, 0.4) is 0 Å². The molecule has 238 valence electrons. The van der Waals surface area contributed by atoms with Crippen LogP contribution in [0.25, 0.3) is 0 Å². The van der Waals surface area contributed by atoms with Gasteiger partial charge in [-0.05, 0) is 90.2 Å². The second kappa shape index (κ2) is 12.8. The highest BCUT2D eigenvalue weighted by Crippen LogP contribution is 2.43. The minimum atomic E-state index is -4.11. The second-order valence-electron chi connectivity index (χ2n) is 10.8. The molecule has 0 spiro atoms. The number of hydrogen-bond acceptors (Lipinski definition) is 7. The van der Waals surface area contributed by atoms with Crippen molar-refractivity contribution in [2.24, 2.45) is 0 Å². The standard InChI is InChI=1S/C34H32FN3O7S/c1-36-33(39)23-5-3-6-26(18-23)46(41,42)38-15-13-21-17-24-8-10-27(21)32(38)22-7-12-30(43-2)31(19-22)44-16-4-14-37-34(40)28-20-25(45-24)9-11-29(28)35/h3,5-12,17-20,32H,4,13-16H2,1-2H3,(H,36,39)(H,37,40). The molecule has 0 radical (unpaired) electrons. The summed E-state index contributed by atoms with van der Waals surface area (Å²) < 4.78 is 62.3. The molecule has 4 aromatic rings. The third-order valence-corrected chi connectivity index (χ3v) is 9.87. The predicted molar refractivity (Wildman–Crippen MR) is 168 cm³/mol. The van der Waals surface area contributed by atoms with Gasteiger partial charge in [0.05, 0.1) is 30.2 Å². The number of rotatable bonds is 4. The molecule has 0 saturated carbocycles. The number of hydrogen-bond donors (Lipinski definition) is 2. The Labute approximate surface area is 266 Å². The lowest BCUT2D eigenvalue weighted by molar-refractivity contribution is 0.0943. The van der Waals surface area contributed by atoms with Gasteiger partial charge in [-0.3, -0.25) is 9.59 Å². The number of carbonyl (C=O) groups is 2. The van der Waals surface area contributed by atoms with Crippen LogP contribution in [0.2, 0.25) is 0 Å². The summed E-state index contributed by atoms with van der Waals surface area (Å²) in [6.07, 6.45) is 0.779. The molecule has 3 aliphatic rings. The molecule has 4 aromatic carbocycles. The summed E-state index contributed by atoms with van der Waals surface area (Å²) in [5.74, 6) is -0.0554. The van der Waals surface area contributed by atoms with Gasteiger partial charge in [0.25, 0.3) is 11.8 Å². The molecule has 46 heavy (non-hydrogen) atoms. The van der Waals surface area contributed by atoms with Gasteiger partial charge >= 0.3 is 0 Å². The van der Waals surface area contributed by atoms with Crippen LogP contribution in [0, 0.1) is 5.82 Å². The summed E-state index contributed by atoms with van der Waals surface area (Å²) >= 11 is 0. The molecule has 2 amide bonds. The molecule has 3 aliphatic heterocycles. The minimum Gasteiger partial charge on any atom is -0.493 e. The maximum atomic E-state index is 14.6. The van der Waals surface area contributed by atoms with Crippen LogP contribution < -0.4 is 24.8 Å². The van der Waals surface area contributed by atoms with Crippen molar-refractivity contribution in [1.29, 1.82) is 0 Å². The summed E-state index contributed by atoms with van der Waals surface area (Å²) in [5, 5.41) is 5.24. The lowest BCUT2D eigenvalue weighted by Crippen LogP contribution is -2.40. The largest absolute Gasteiger partial charge is 0.493 e. The SMILES string of the molecule is CNC(=O)c1cccc(S(=O)(=O)N2CCc3cc4ccc3C2c2ccc(OC)c(c2)OCCCNC(=O)c2cc(ccc2F)O4)c1. The molecule has 1 atom stereocenters. The maximum Gasteiger partial charge on any atom is 0.254 e. The molecule has 2 N–H and O–H groups in total. The summed E-state index contributed by atoms with van der Waals surface area (Å²) in [5.41, 5.74) is 2.32. The summed E-state index contributed by atoms with van der Waals surface area (Å²) in [7, 11) is -1.11. The van der Waals surface area contributed by atoms with E-state index in [1.54, 1.807) is 36.4 Å². The van der Waals surface area contributed by atoms with Crippen LogP contribution in [0.5, 0.6) is 23.0 Å². The van der Waals surface area contributed by atoms with Gasteiger partial charge in [0.2, 0.25) is 10.0 Å². The Kier molecular flexibility index (Phi) is 8.65. The highest BCUT2D eigenvalue weighted by atomic mass is 32.2. The molecule has 3 heterocycles. The average Bonchev–Trinajstić information content (AvgIpc) is 3.07. The quantitative estimate of drug-likeness (QED) is 0.326. The van der Waals surface area contributed by atoms with Crippen LogP contribution in [-0.2, 0) is 16.4 Å². The first-order valence-electron chi connectivity index (χ1n) is 14.7. The van der Waals surface area contributed by atoms with Crippen LogP contribution in [0.4, 0.5) is 4.39 Å². The Morgan fingerprint density at radius 2 is 1.85 bits per heavy atom. The van der Waals surface area contributed by atoms with Crippen molar-refractivity contribution >= 4 is 21.8 Å².